The molecule has 1 saturated heterocycles. The van der Waals surface area contributed by atoms with Crippen LogP contribution in [0.25, 0.3) is 11.0 Å². The highest BCUT2D eigenvalue weighted by atomic mass is 32.2. The second kappa shape index (κ2) is 7.96. The van der Waals surface area contributed by atoms with Gasteiger partial charge in [-0.2, -0.15) is 0 Å². The molecular formula is C21H23N3O4S. The quantitative estimate of drug-likeness (QED) is 0.671. The van der Waals surface area contributed by atoms with Gasteiger partial charge in [-0.3, -0.25) is 9.78 Å². The van der Waals surface area contributed by atoms with Gasteiger partial charge in [-0.25, -0.2) is 12.7 Å². The molecule has 3 aromatic rings. The Balaban J connectivity index is 1.37. The molecule has 1 aliphatic rings. The van der Waals surface area contributed by atoms with Gasteiger partial charge in [-0.05, 0) is 42.5 Å². The molecule has 1 atom stereocenters. The standard InChI is InChI=1S/C21H23N3O4S/c1-29(26,27)24-7-6-15(14-24)8-16-9-18(12-22-11-16)21(25)23-13-19-10-17-4-2-3-5-20(17)28-19/h2-5,9-12,15H,6-8,13-14H2,1H3,(H,23,25). The fourth-order valence-corrected chi connectivity index (χ4v) is 4.63. The van der Waals surface area contributed by atoms with Crippen LogP contribution in [0, 0.1) is 5.92 Å². The minimum atomic E-state index is -3.15. The zero-order valence-corrected chi connectivity index (χ0v) is 17.0. The van der Waals surface area contributed by atoms with E-state index in [9.17, 15) is 13.2 Å². The fraction of sp³-hybridized carbons (Fsp3) is 0.333. The highest BCUT2D eigenvalue weighted by Crippen LogP contribution is 2.23. The molecule has 2 aromatic heterocycles. The summed E-state index contributed by atoms with van der Waals surface area (Å²) in [6.45, 7) is 1.36. The number of hydrogen-bond donors (Lipinski definition) is 1. The average Bonchev–Trinajstić information content (AvgIpc) is 3.32. The van der Waals surface area contributed by atoms with Crippen molar-refractivity contribution in [3.05, 3.63) is 65.7 Å². The van der Waals surface area contributed by atoms with Crippen molar-refractivity contribution >= 4 is 26.9 Å². The van der Waals surface area contributed by atoms with Crippen LogP contribution in [-0.4, -0.2) is 43.0 Å². The van der Waals surface area contributed by atoms with Gasteiger partial charge in [0.25, 0.3) is 5.91 Å². The molecule has 0 bridgehead atoms. The van der Waals surface area contributed by atoms with E-state index in [0.29, 0.717) is 37.4 Å². The Kier molecular flexibility index (Phi) is 5.38. The maximum Gasteiger partial charge on any atom is 0.253 e. The Morgan fingerprint density at radius 1 is 1.28 bits per heavy atom. The first kappa shape index (κ1) is 19.6. The first-order valence-electron chi connectivity index (χ1n) is 9.53. The van der Waals surface area contributed by atoms with E-state index in [1.807, 2.05) is 36.4 Å². The summed E-state index contributed by atoms with van der Waals surface area (Å²) in [5.41, 5.74) is 2.21. The Labute approximate surface area is 169 Å². The number of carbonyl (C=O) groups excluding carboxylic acids is 1. The number of sulfonamides is 1. The fourth-order valence-electron chi connectivity index (χ4n) is 3.72. The SMILES string of the molecule is CS(=O)(=O)N1CCC(Cc2cncc(C(=O)NCc3cc4ccccc4o3)c2)C1. The van der Waals surface area contributed by atoms with E-state index >= 15 is 0 Å². The number of nitrogens with one attached hydrogen (secondary N) is 1. The van der Waals surface area contributed by atoms with Crippen LogP contribution in [0.5, 0.6) is 0 Å². The van der Waals surface area contributed by atoms with Crippen LogP contribution in [0.1, 0.15) is 28.1 Å². The van der Waals surface area contributed by atoms with Gasteiger partial charge in [0.15, 0.2) is 0 Å². The molecule has 1 unspecified atom stereocenters. The second-order valence-corrected chi connectivity index (χ2v) is 9.48. The van der Waals surface area contributed by atoms with E-state index in [1.54, 1.807) is 6.20 Å². The zero-order valence-electron chi connectivity index (χ0n) is 16.2. The predicted octanol–water partition coefficient (Wildman–Crippen LogP) is 2.58. The molecule has 1 fully saturated rings. The van der Waals surface area contributed by atoms with Crippen molar-refractivity contribution in [1.82, 2.24) is 14.6 Å². The van der Waals surface area contributed by atoms with Gasteiger partial charge in [0.05, 0.1) is 18.4 Å². The summed E-state index contributed by atoms with van der Waals surface area (Å²) in [4.78, 5) is 16.7. The van der Waals surface area contributed by atoms with E-state index in [0.717, 1.165) is 23.0 Å². The number of amides is 1. The van der Waals surface area contributed by atoms with Gasteiger partial charge in [0.2, 0.25) is 10.0 Å². The smallest absolute Gasteiger partial charge is 0.253 e. The molecule has 0 saturated carbocycles. The Morgan fingerprint density at radius 3 is 2.86 bits per heavy atom. The molecule has 152 valence electrons. The average molecular weight is 413 g/mol. The lowest BCUT2D eigenvalue weighted by Gasteiger charge is -2.13. The Hall–Kier alpha value is -2.71. The third kappa shape index (κ3) is 4.65. The molecule has 1 amide bonds. The third-order valence-electron chi connectivity index (χ3n) is 5.20. The number of pyridine rings is 1. The highest BCUT2D eigenvalue weighted by Gasteiger charge is 2.28. The molecule has 1 aliphatic heterocycles. The lowest BCUT2D eigenvalue weighted by molar-refractivity contribution is 0.0947. The summed E-state index contributed by atoms with van der Waals surface area (Å²) in [6, 6.07) is 11.4. The monoisotopic (exact) mass is 413 g/mol. The van der Waals surface area contributed by atoms with E-state index in [2.05, 4.69) is 10.3 Å². The van der Waals surface area contributed by atoms with Crippen molar-refractivity contribution in [3.63, 3.8) is 0 Å². The minimum Gasteiger partial charge on any atom is -0.459 e. The van der Waals surface area contributed by atoms with Crippen LogP contribution in [0.15, 0.2) is 53.2 Å². The number of rotatable bonds is 6. The number of aromatic nitrogens is 1. The van der Waals surface area contributed by atoms with Gasteiger partial charge >= 0.3 is 0 Å². The first-order chi connectivity index (χ1) is 13.9. The van der Waals surface area contributed by atoms with E-state index in [-0.39, 0.29) is 11.8 Å². The van der Waals surface area contributed by atoms with E-state index < -0.39 is 10.0 Å². The summed E-state index contributed by atoms with van der Waals surface area (Å²) < 4.78 is 30.6. The maximum atomic E-state index is 12.5. The first-order valence-corrected chi connectivity index (χ1v) is 11.4. The number of benzene rings is 1. The van der Waals surface area contributed by atoms with Crippen LogP contribution >= 0.6 is 0 Å². The summed E-state index contributed by atoms with van der Waals surface area (Å²) in [5, 5.41) is 3.86. The Morgan fingerprint density at radius 2 is 2.10 bits per heavy atom. The minimum absolute atomic E-state index is 0.219. The molecule has 29 heavy (non-hydrogen) atoms. The number of hydrogen-bond acceptors (Lipinski definition) is 5. The largest absolute Gasteiger partial charge is 0.459 e. The normalized spacial score (nSPS) is 17.6. The van der Waals surface area contributed by atoms with Crippen molar-refractivity contribution in [2.45, 2.75) is 19.4 Å². The molecule has 1 aromatic carbocycles. The number of carbonyl (C=O) groups is 1. The molecule has 0 radical (unpaired) electrons. The van der Waals surface area contributed by atoms with Gasteiger partial charge in [-0.1, -0.05) is 18.2 Å². The number of para-hydroxylation sites is 1. The van der Waals surface area contributed by atoms with Crippen LogP contribution in [-0.2, 0) is 23.0 Å². The lowest BCUT2D eigenvalue weighted by Crippen LogP contribution is -2.27. The van der Waals surface area contributed by atoms with Gasteiger partial charge in [0.1, 0.15) is 11.3 Å². The second-order valence-electron chi connectivity index (χ2n) is 7.49. The predicted molar refractivity (Wildman–Crippen MR) is 110 cm³/mol. The molecule has 7 nitrogen and oxygen atoms in total. The number of nitrogens with zero attached hydrogens (tertiary/aromatic N) is 2. The van der Waals surface area contributed by atoms with E-state index in [1.165, 1.54) is 16.8 Å². The van der Waals surface area contributed by atoms with Crippen LogP contribution in [0.2, 0.25) is 0 Å². The van der Waals surface area contributed by atoms with Crippen molar-refractivity contribution in [2.75, 3.05) is 19.3 Å². The van der Waals surface area contributed by atoms with Crippen LogP contribution in [0.4, 0.5) is 0 Å². The number of fused-ring (bicyclic) bond motifs is 1. The van der Waals surface area contributed by atoms with Crippen LogP contribution in [0.3, 0.4) is 0 Å². The van der Waals surface area contributed by atoms with Crippen molar-refractivity contribution in [2.24, 2.45) is 5.92 Å². The molecule has 3 heterocycles. The molecular weight excluding hydrogens is 390 g/mol. The number of furan rings is 1. The molecule has 8 heteroatoms. The van der Waals surface area contributed by atoms with E-state index in [4.69, 9.17) is 4.42 Å². The molecule has 0 spiro atoms. The topological polar surface area (TPSA) is 92.5 Å². The summed E-state index contributed by atoms with van der Waals surface area (Å²) >= 11 is 0. The maximum absolute atomic E-state index is 12.5. The Bertz CT molecular complexity index is 1110. The van der Waals surface area contributed by atoms with Gasteiger partial charge < -0.3 is 9.73 Å². The molecule has 1 N–H and O–H groups in total. The summed E-state index contributed by atoms with van der Waals surface area (Å²) in [6.07, 6.45) is 6.03. The van der Waals surface area contributed by atoms with Crippen molar-refractivity contribution in [1.29, 1.82) is 0 Å². The molecule has 4 rings (SSSR count). The van der Waals surface area contributed by atoms with Crippen molar-refractivity contribution in [3.8, 4) is 0 Å². The van der Waals surface area contributed by atoms with Gasteiger partial charge in [-0.15, -0.1) is 0 Å². The molecule has 0 aliphatic carbocycles. The summed E-state index contributed by atoms with van der Waals surface area (Å²) in [7, 11) is -3.15. The highest BCUT2D eigenvalue weighted by molar-refractivity contribution is 7.88. The van der Waals surface area contributed by atoms with Crippen molar-refractivity contribution < 1.29 is 17.6 Å². The van der Waals surface area contributed by atoms with Gasteiger partial charge in [0, 0.05) is 30.9 Å². The summed E-state index contributed by atoms with van der Waals surface area (Å²) in [5.74, 6) is 0.708. The lowest BCUT2D eigenvalue weighted by atomic mass is 9.99. The van der Waals surface area contributed by atoms with Crippen LogP contribution < -0.4 is 5.32 Å². The zero-order chi connectivity index (χ0) is 20.4. The third-order valence-corrected chi connectivity index (χ3v) is 6.47.